The van der Waals surface area contributed by atoms with Crippen LogP contribution in [0.4, 0.5) is 0 Å². The second-order valence-corrected chi connectivity index (χ2v) is 9.45. The Morgan fingerprint density at radius 3 is 2.78 bits per heavy atom. The summed E-state index contributed by atoms with van der Waals surface area (Å²) in [7, 11) is 1.63. The Morgan fingerprint density at radius 2 is 2.00 bits per heavy atom. The molecule has 1 aliphatic rings. The molecule has 194 valence electrons. The quantitative estimate of drug-likeness (QED) is 0.422. The van der Waals surface area contributed by atoms with Gasteiger partial charge in [0.25, 0.3) is 0 Å². The van der Waals surface area contributed by atoms with E-state index in [1.165, 1.54) is 0 Å². The fraction of sp³-hybridized carbons (Fsp3) is 0.464. The van der Waals surface area contributed by atoms with Crippen LogP contribution in [-0.2, 0) is 19.5 Å². The summed E-state index contributed by atoms with van der Waals surface area (Å²) in [4.78, 5) is 6.49. The fourth-order valence-electron chi connectivity index (χ4n) is 4.64. The molecule has 4 rings (SSSR count). The molecule has 1 aliphatic heterocycles. The molecule has 2 aromatic carbocycles. The van der Waals surface area contributed by atoms with E-state index in [1.54, 1.807) is 7.11 Å². The number of nitrogens with zero attached hydrogens (tertiary/aromatic N) is 3. The third-order valence-electron chi connectivity index (χ3n) is 6.66. The van der Waals surface area contributed by atoms with Gasteiger partial charge in [0.1, 0.15) is 30.4 Å². The maximum atomic E-state index is 11.2. The van der Waals surface area contributed by atoms with Crippen LogP contribution in [0.2, 0.25) is 0 Å². The summed E-state index contributed by atoms with van der Waals surface area (Å²) in [6, 6.07) is 13.6. The molecule has 8 nitrogen and oxygen atoms in total. The molecule has 0 spiro atoms. The summed E-state index contributed by atoms with van der Waals surface area (Å²) < 4.78 is 19.5. The number of hydrogen-bond donors (Lipinski definition) is 2. The van der Waals surface area contributed by atoms with Crippen molar-refractivity contribution < 1.29 is 24.4 Å². The second-order valence-electron chi connectivity index (χ2n) is 9.45. The number of methoxy groups -OCH3 is 1. The molecular formula is C28H37N3O5. The van der Waals surface area contributed by atoms with Gasteiger partial charge >= 0.3 is 0 Å². The van der Waals surface area contributed by atoms with Crippen molar-refractivity contribution in [3.63, 3.8) is 0 Å². The molecule has 2 heterocycles. The van der Waals surface area contributed by atoms with Crippen molar-refractivity contribution in [1.29, 1.82) is 0 Å². The van der Waals surface area contributed by atoms with Crippen LogP contribution >= 0.6 is 0 Å². The minimum Gasteiger partial charge on any atom is -0.493 e. The molecule has 0 bridgehead atoms. The molecule has 0 unspecified atom stereocenters. The van der Waals surface area contributed by atoms with Crippen LogP contribution in [0.15, 0.2) is 54.9 Å². The van der Waals surface area contributed by atoms with Crippen LogP contribution in [0.25, 0.3) is 0 Å². The molecule has 3 aromatic rings. The SMILES string of the molecule is CCc1nccn1CCOc1cc(CN2CC[C@H](O)[C@@](O)(COc3cccc(C)c3)C2)ccc1OC. The lowest BCUT2D eigenvalue weighted by molar-refractivity contribution is -0.140. The zero-order valence-electron chi connectivity index (χ0n) is 21.4. The van der Waals surface area contributed by atoms with E-state index in [-0.39, 0.29) is 6.61 Å². The number of rotatable bonds is 11. The summed E-state index contributed by atoms with van der Waals surface area (Å²) in [5.41, 5.74) is 0.773. The summed E-state index contributed by atoms with van der Waals surface area (Å²) in [5.74, 6) is 3.08. The van der Waals surface area contributed by atoms with Gasteiger partial charge in [0.05, 0.1) is 19.8 Å². The van der Waals surface area contributed by atoms with Gasteiger partial charge in [-0.25, -0.2) is 4.98 Å². The van der Waals surface area contributed by atoms with Crippen LogP contribution in [0.3, 0.4) is 0 Å². The molecule has 2 N–H and O–H groups in total. The van der Waals surface area contributed by atoms with Gasteiger partial charge in [0.2, 0.25) is 0 Å². The summed E-state index contributed by atoms with van der Waals surface area (Å²) in [6.07, 6.45) is 4.27. The van der Waals surface area contributed by atoms with Crippen LogP contribution in [0, 0.1) is 6.92 Å². The zero-order chi connectivity index (χ0) is 25.5. The van der Waals surface area contributed by atoms with Gasteiger partial charge in [-0.2, -0.15) is 0 Å². The molecule has 1 saturated heterocycles. The second kappa shape index (κ2) is 11.8. The lowest BCUT2D eigenvalue weighted by atomic mass is 9.90. The molecule has 0 radical (unpaired) electrons. The van der Waals surface area contributed by atoms with Crippen LogP contribution in [0.5, 0.6) is 17.2 Å². The number of aromatic nitrogens is 2. The molecule has 2 atom stereocenters. The Morgan fingerprint density at radius 1 is 1.14 bits per heavy atom. The van der Waals surface area contributed by atoms with E-state index < -0.39 is 11.7 Å². The van der Waals surface area contributed by atoms with Crippen molar-refractivity contribution >= 4 is 0 Å². The van der Waals surface area contributed by atoms with Crippen molar-refractivity contribution in [2.24, 2.45) is 0 Å². The number of benzene rings is 2. The predicted molar refractivity (Wildman–Crippen MR) is 138 cm³/mol. The monoisotopic (exact) mass is 495 g/mol. The van der Waals surface area contributed by atoms with Gasteiger partial charge < -0.3 is 29.0 Å². The average molecular weight is 496 g/mol. The van der Waals surface area contributed by atoms with Gasteiger partial charge in [-0.1, -0.05) is 25.1 Å². The Hall–Kier alpha value is -3.07. The van der Waals surface area contributed by atoms with Gasteiger partial charge in [0, 0.05) is 38.4 Å². The highest BCUT2D eigenvalue weighted by Gasteiger charge is 2.42. The van der Waals surface area contributed by atoms with E-state index in [4.69, 9.17) is 14.2 Å². The van der Waals surface area contributed by atoms with E-state index in [2.05, 4.69) is 21.4 Å². The maximum Gasteiger partial charge on any atom is 0.161 e. The van der Waals surface area contributed by atoms with E-state index in [1.807, 2.05) is 61.8 Å². The van der Waals surface area contributed by atoms with Crippen molar-refractivity contribution in [1.82, 2.24) is 14.5 Å². The molecule has 0 saturated carbocycles. The predicted octanol–water partition coefficient (Wildman–Crippen LogP) is 3.22. The molecule has 1 aromatic heterocycles. The third kappa shape index (κ3) is 6.37. The Bertz CT molecular complexity index is 1130. The van der Waals surface area contributed by atoms with E-state index in [0.717, 1.165) is 23.4 Å². The minimum atomic E-state index is -1.35. The zero-order valence-corrected chi connectivity index (χ0v) is 21.4. The van der Waals surface area contributed by atoms with Gasteiger partial charge in [-0.15, -0.1) is 0 Å². The van der Waals surface area contributed by atoms with Gasteiger partial charge in [-0.05, 0) is 48.7 Å². The molecular weight excluding hydrogens is 458 g/mol. The summed E-state index contributed by atoms with van der Waals surface area (Å²) >= 11 is 0. The Balaban J connectivity index is 1.38. The minimum absolute atomic E-state index is 0.0269. The number of aryl methyl sites for hydroxylation is 2. The molecule has 8 heteroatoms. The third-order valence-corrected chi connectivity index (χ3v) is 6.66. The number of aliphatic hydroxyl groups is 2. The lowest BCUT2D eigenvalue weighted by Gasteiger charge is -2.42. The van der Waals surface area contributed by atoms with Crippen LogP contribution in [0.1, 0.15) is 30.3 Å². The van der Waals surface area contributed by atoms with Crippen molar-refractivity contribution in [2.45, 2.75) is 51.5 Å². The first-order valence-corrected chi connectivity index (χ1v) is 12.5. The number of hydrogen-bond acceptors (Lipinski definition) is 7. The number of β-amino-alcohol motifs (C(OH)–C–C–N with tert-alkyl or cyclic N) is 1. The van der Waals surface area contributed by atoms with E-state index >= 15 is 0 Å². The maximum absolute atomic E-state index is 11.2. The molecule has 1 fully saturated rings. The standard InChI is InChI=1S/C28H37N3O5/c1-4-27-29-11-13-31(27)14-15-35-25-17-22(8-9-24(25)34-3)18-30-12-10-26(32)28(33,19-30)20-36-23-7-5-6-21(2)16-23/h5-9,11,13,16-17,26,32-33H,4,10,12,14-15,18-20H2,1-3H3/t26-,28-/m0/s1. The van der Waals surface area contributed by atoms with Gasteiger partial charge in [-0.3, -0.25) is 4.90 Å². The Labute approximate surface area is 213 Å². The number of likely N-dealkylation sites (tertiary alicyclic amines) is 1. The first-order chi connectivity index (χ1) is 17.4. The highest BCUT2D eigenvalue weighted by atomic mass is 16.5. The van der Waals surface area contributed by atoms with Crippen molar-refractivity contribution in [2.75, 3.05) is 33.4 Å². The fourth-order valence-corrected chi connectivity index (χ4v) is 4.64. The number of aliphatic hydroxyl groups excluding tert-OH is 1. The summed E-state index contributed by atoms with van der Waals surface area (Å²) in [5, 5.41) is 21.8. The van der Waals surface area contributed by atoms with Crippen LogP contribution in [-0.4, -0.2) is 69.8 Å². The van der Waals surface area contributed by atoms with Gasteiger partial charge in [0.15, 0.2) is 11.5 Å². The Kier molecular flexibility index (Phi) is 8.51. The first-order valence-electron chi connectivity index (χ1n) is 12.5. The average Bonchev–Trinajstić information content (AvgIpc) is 3.33. The molecule has 0 aliphatic carbocycles. The van der Waals surface area contributed by atoms with Crippen molar-refractivity contribution in [3.05, 3.63) is 71.8 Å². The first kappa shape index (κ1) is 26.0. The van der Waals surface area contributed by atoms with Crippen LogP contribution < -0.4 is 14.2 Å². The lowest BCUT2D eigenvalue weighted by Crippen LogP contribution is -2.59. The van der Waals surface area contributed by atoms with E-state index in [9.17, 15) is 10.2 Å². The smallest absolute Gasteiger partial charge is 0.161 e. The molecule has 0 amide bonds. The van der Waals surface area contributed by atoms with Crippen molar-refractivity contribution in [3.8, 4) is 17.2 Å². The number of imidazole rings is 1. The highest BCUT2D eigenvalue weighted by molar-refractivity contribution is 5.43. The number of ether oxygens (including phenoxy) is 3. The highest BCUT2D eigenvalue weighted by Crippen LogP contribution is 2.30. The van der Waals surface area contributed by atoms with E-state index in [0.29, 0.717) is 56.5 Å². The number of piperidine rings is 1. The summed E-state index contributed by atoms with van der Waals surface area (Å²) in [6.45, 7) is 6.90. The normalized spacial score (nSPS) is 20.3. The topological polar surface area (TPSA) is 89.2 Å². The largest absolute Gasteiger partial charge is 0.493 e. The molecule has 36 heavy (non-hydrogen) atoms.